The van der Waals surface area contributed by atoms with Gasteiger partial charge < -0.3 is 30.0 Å². The van der Waals surface area contributed by atoms with Gasteiger partial charge in [0, 0.05) is 39.8 Å². The van der Waals surface area contributed by atoms with Crippen molar-refractivity contribution in [2.75, 3.05) is 23.3 Å². The van der Waals surface area contributed by atoms with Crippen molar-refractivity contribution < 1.29 is 23.9 Å². The second kappa shape index (κ2) is 11.0. The Morgan fingerprint density at radius 1 is 1.22 bits per heavy atom. The molecule has 1 atom stereocenters. The summed E-state index contributed by atoms with van der Waals surface area (Å²) in [4.78, 5) is 52.3. The molecule has 0 bridgehead atoms. The topological polar surface area (TPSA) is 167 Å². The summed E-state index contributed by atoms with van der Waals surface area (Å²) in [7, 11) is 0. The van der Waals surface area contributed by atoms with Crippen molar-refractivity contribution in [2.24, 2.45) is 5.73 Å². The van der Waals surface area contributed by atoms with Crippen LogP contribution < -0.4 is 21.3 Å². The summed E-state index contributed by atoms with van der Waals surface area (Å²) in [6, 6.07) is 3.66. The van der Waals surface area contributed by atoms with Crippen molar-refractivity contribution in [3.8, 4) is 0 Å². The summed E-state index contributed by atoms with van der Waals surface area (Å²) in [6.45, 7) is 6.13. The van der Waals surface area contributed by atoms with Crippen molar-refractivity contribution in [2.45, 2.75) is 63.8 Å². The maximum Gasteiger partial charge on any atom is 0.413 e. The molecule has 0 unspecified atom stereocenters. The molecule has 2 aromatic heterocycles. The molecule has 3 amide bonds. The van der Waals surface area contributed by atoms with Gasteiger partial charge in [0.25, 0.3) is 5.91 Å². The highest BCUT2D eigenvalue weighted by molar-refractivity contribution is 9.10. The van der Waals surface area contributed by atoms with Crippen molar-refractivity contribution in [1.82, 2.24) is 24.8 Å². The number of carbonyl (C=O) groups is 3. The van der Waals surface area contributed by atoms with Crippen LogP contribution in [0.3, 0.4) is 0 Å². The summed E-state index contributed by atoms with van der Waals surface area (Å²) in [6.07, 6.45) is 3.31. The Kier molecular flexibility index (Phi) is 7.72. The fraction of sp³-hybridized carbons (Fsp3) is 0.462. The molecule has 3 aromatic rings. The highest BCUT2D eigenvalue weighted by atomic mass is 79.9. The Labute approximate surface area is 249 Å². The number of hydrogen-bond donors (Lipinski definition) is 3. The molecule has 2 fully saturated rings. The van der Waals surface area contributed by atoms with Gasteiger partial charge in [-0.1, -0.05) is 27.5 Å². The standard InChI is InChI=1S/C26H30BrClN8O5/c1-25(2,3)41-24(39)34-20-19-21(31-12-30-20)36(13-32-19)10-16-17(27)8-14(28)9-18(16)35-7-6-26(11-35,40-23(29)38)22(37)33-15-4-5-15/h8-9,12-13,15H,4-7,10-11H2,1-3H3,(H2,29,38)(H,33,37)(H,30,31,34,39)/t26-/m1/s1. The lowest BCUT2D eigenvalue weighted by molar-refractivity contribution is -0.137. The van der Waals surface area contributed by atoms with Crippen molar-refractivity contribution in [1.29, 1.82) is 0 Å². The van der Waals surface area contributed by atoms with E-state index in [4.69, 9.17) is 26.8 Å². The number of aromatic nitrogens is 4. The molecule has 1 aromatic carbocycles. The maximum absolute atomic E-state index is 13.2. The van der Waals surface area contributed by atoms with Crippen LogP contribution in [-0.2, 0) is 20.8 Å². The monoisotopic (exact) mass is 648 g/mol. The van der Waals surface area contributed by atoms with E-state index in [1.165, 1.54) is 6.33 Å². The van der Waals surface area contributed by atoms with Gasteiger partial charge in [0.2, 0.25) is 5.60 Å². The average Bonchev–Trinajstić information content (AvgIpc) is 3.42. The van der Waals surface area contributed by atoms with Crippen LogP contribution in [0.1, 0.15) is 45.6 Å². The minimum Gasteiger partial charge on any atom is -0.444 e. The van der Waals surface area contributed by atoms with E-state index in [-0.39, 0.29) is 30.7 Å². The van der Waals surface area contributed by atoms with Crippen LogP contribution in [-0.4, -0.2) is 67.9 Å². The number of imidazole rings is 1. The Bertz CT molecular complexity index is 1520. The molecule has 1 aliphatic heterocycles. The van der Waals surface area contributed by atoms with Crippen molar-refractivity contribution in [3.63, 3.8) is 0 Å². The predicted octanol–water partition coefficient (Wildman–Crippen LogP) is 3.96. The number of rotatable bonds is 7. The first-order valence-corrected chi connectivity index (χ1v) is 14.2. The lowest BCUT2D eigenvalue weighted by Gasteiger charge is -2.29. The summed E-state index contributed by atoms with van der Waals surface area (Å²) >= 11 is 10.1. The normalized spacial score (nSPS) is 18.8. The zero-order chi connectivity index (χ0) is 29.5. The SMILES string of the molecule is CC(C)(C)OC(=O)Nc1ncnc2c1ncn2Cc1c(Br)cc(Cl)cc1N1CC[C@](OC(N)=O)(C(=O)NC2CC2)C1. The molecule has 0 spiro atoms. The van der Waals surface area contributed by atoms with Gasteiger partial charge in [-0.15, -0.1) is 0 Å². The van der Waals surface area contributed by atoms with E-state index in [0.29, 0.717) is 29.3 Å². The number of benzene rings is 1. The van der Waals surface area contributed by atoms with E-state index in [1.54, 1.807) is 43.8 Å². The number of fused-ring (bicyclic) bond motifs is 1. The fourth-order valence-electron chi connectivity index (χ4n) is 4.73. The molecule has 13 nitrogen and oxygen atoms in total. The van der Waals surface area contributed by atoms with E-state index >= 15 is 0 Å². The third kappa shape index (κ3) is 6.48. The molecule has 4 N–H and O–H groups in total. The number of amides is 3. The van der Waals surface area contributed by atoms with Crippen LogP contribution in [0.15, 0.2) is 29.3 Å². The van der Waals surface area contributed by atoms with Crippen LogP contribution >= 0.6 is 27.5 Å². The Balaban J connectivity index is 1.44. The van der Waals surface area contributed by atoms with E-state index in [2.05, 4.69) is 41.5 Å². The van der Waals surface area contributed by atoms with Crippen LogP contribution in [0, 0.1) is 0 Å². The minimum atomic E-state index is -1.42. The van der Waals surface area contributed by atoms with Crippen LogP contribution in [0.4, 0.5) is 21.1 Å². The zero-order valence-corrected chi connectivity index (χ0v) is 25.1. The fourth-order valence-corrected chi connectivity index (χ4v) is 5.65. The quantitative estimate of drug-likeness (QED) is 0.343. The van der Waals surface area contributed by atoms with Crippen LogP contribution in [0.2, 0.25) is 5.02 Å². The van der Waals surface area contributed by atoms with Gasteiger partial charge >= 0.3 is 12.2 Å². The molecular weight excluding hydrogens is 620 g/mol. The summed E-state index contributed by atoms with van der Waals surface area (Å²) in [5.41, 5.74) is 5.71. The summed E-state index contributed by atoms with van der Waals surface area (Å²) < 4.78 is 13.3. The van der Waals surface area contributed by atoms with Gasteiger partial charge in [0.05, 0.1) is 19.4 Å². The minimum absolute atomic E-state index is 0.0898. The van der Waals surface area contributed by atoms with Gasteiger partial charge in [0.1, 0.15) is 11.9 Å². The van der Waals surface area contributed by atoms with E-state index < -0.39 is 23.4 Å². The van der Waals surface area contributed by atoms with Crippen LogP contribution in [0.25, 0.3) is 11.2 Å². The van der Waals surface area contributed by atoms with Crippen molar-refractivity contribution in [3.05, 3.63) is 39.8 Å². The first kappa shape index (κ1) is 28.9. The van der Waals surface area contributed by atoms with Gasteiger partial charge in [-0.2, -0.15) is 0 Å². The van der Waals surface area contributed by atoms with Gasteiger partial charge in [-0.25, -0.2) is 24.5 Å². The first-order chi connectivity index (χ1) is 19.3. The van der Waals surface area contributed by atoms with Gasteiger partial charge in [0.15, 0.2) is 17.0 Å². The third-order valence-corrected chi connectivity index (χ3v) is 7.61. The largest absolute Gasteiger partial charge is 0.444 e. The number of hydrogen-bond acceptors (Lipinski definition) is 9. The summed E-state index contributed by atoms with van der Waals surface area (Å²) in [5, 5.41) is 6.05. The molecule has 41 heavy (non-hydrogen) atoms. The van der Waals surface area contributed by atoms with E-state index in [0.717, 1.165) is 28.6 Å². The lowest BCUT2D eigenvalue weighted by atomic mass is 10.0. The Morgan fingerprint density at radius 2 is 1.98 bits per heavy atom. The average molecular weight is 650 g/mol. The zero-order valence-electron chi connectivity index (χ0n) is 22.7. The molecule has 3 heterocycles. The highest BCUT2D eigenvalue weighted by Crippen LogP contribution is 2.38. The second-order valence-electron chi connectivity index (χ2n) is 11.1. The molecule has 1 saturated carbocycles. The molecular formula is C26H30BrClN8O5. The lowest BCUT2D eigenvalue weighted by Crippen LogP contribution is -2.53. The smallest absolute Gasteiger partial charge is 0.413 e. The van der Waals surface area contributed by atoms with E-state index in [1.807, 2.05) is 4.90 Å². The number of nitrogens with two attached hydrogens (primary N) is 1. The number of halogens is 2. The third-order valence-electron chi connectivity index (χ3n) is 6.68. The number of nitrogens with one attached hydrogen (secondary N) is 2. The molecule has 1 saturated heterocycles. The summed E-state index contributed by atoms with van der Waals surface area (Å²) in [5.74, 6) is -0.140. The number of anilines is 2. The molecule has 0 radical (unpaired) electrons. The first-order valence-electron chi connectivity index (χ1n) is 13.0. The van der Waals surface area contributed by atoms with E-state index in [9.17, 15) is 14.4 Å². The Morgan fingerprint density at radius 3 is 2.66 bits per heavy atom. The molecule has 2 aliphatic rings. The van der Waals surface area contributed by atoms with Crippen molar-refractivity contribution >= 4 is 68.3 Å². The molecule has 1 aliphatic carbocycles. The maximum atomic E-state index is 13.2. The van der Waals surface area contributed by atoms with Gasteiger partial charge in [-0.05, 0) is 45.7 Å². The molecule has 5 rings (SSSR count). The number of nitrogens with zero attached hydrogens (tertiary/aromatic N) is 5. The van der Waals surface area contributed by atoms with Crippen LogP contribution in [0.5, 0.6) is 0 Å². The number of carbonyl (C=O) groups excluding carboxylic acids is 3. The predicted molar refractivity (Wildman–Crippen MR) is 155 cm³/mol. The van der Waals surface area contributed by atoms with Gasteiger partial charge in [-0.3, -0.25) is 10.1 Å². The number of primary amides is 1. The highest BCUT2D eigenvalue weighted by Gasteiger charge is 2.49. The molecule has 15 heteroatoms. The second-order valence-corrected chi connectivity index (χ2v) is 12.4. The molecule has 218 valence electrons. The Hall–Kier alpha value is -3.65. The number of ether oxygens (including phenoxy) is 2.